The summed E-state index contributed by atoms with van der Waals surface area (Å²) in [5, 5.41) is 9.14. The van der Waals surface area contributed by atoms with Crippen LogP contribution in [0.25, 0.3) is 10.9 Å². The van der Waals surface area contributed by atoms with Crippen LogP contribution in [0.2, 0.25) is 0 Å². The summed E-state index contributed by atoms with van der Waals surface area (Å²) >= 11 is 0. The van der Waals surface area contributed by atoms with Gasteiger partial charge in [-0.3, -0.25) is 9.48 Å². The van der Waals surface area contributed by atoms with E-state index in [0.717, 1.165) is 23.1 Å². The van der Waals surface area contributed by atoms with E-state index in [1.807, 2.05) is 30.7 Å². The van der Waals surface area contributed by atoms with Gasteiger partial charge in [0.25, 0.3) is 0 Å². The fraction of sp³-hybridized carbons (Fsp3) is 0.467. The average Bonchev–Trinajstić information content (AvgIpc) is 2.73. The first-order valence-corrected chi connectivity index (χ1v) is 6.90. The number of hydrogen-bond acceptors (Lipinski definition) is 3. The average molecular weight is 274 g/mol. The van der Waals surface area contributed by atoms with Gasteiger partial charge < -0.3 is 11.1 Å². The highest BCUT2D eigenvalue weighted by Gasteiger charge is 2.21. The van der Waals surface area contributed by atoms with E-state index in [1.54, 1.807) is 0 Å². The number of nitrogens with two attached hydrogens (primary N) is 1. The summed E-state index contributed by atoms with van der Waals surface area (Å²) in [6.07, 6.45) is 0.305. The van der Waals surface area contributed by atoms with Gasteiger partial charge in [0.05, 0.1) is 11.2 Å². The smallest absolute Gasteiger partial charge is 0.219 e. The number of carbonyl (C=O) groups excluding carboxylic acids is 1. The Hall–Kier alpha value is -1.88. The number of carbonyl (C=O) groups is 1. The Morgan fingerprint density at radius 1 is 1.40 bits per heavy atom. The zero-order chi connectivity index (χ0) is 14.8. The monoisotopic (exact) mass is 274 g/mol. The van der Waals surface area contributed by atoms with Crippen molar-refractivity contribution in [1.29, 1.82) is 0 Å². The molecule has 0 unspecified atom stereocenters. The van der Waals surface area contributed by atoms with Crippen molar-refractivity contribution in [1.82, 2.24) is 15.1 Å². The molecule has 5 nitrogen and oxygen atoms in total. The number of aromatic nitrogens is 2. The quantitative estimate of drug-likeness (QED) is 0.843. The second-order valence-electron chi connectivity index (χ2n) is 5.66. The van der Waals surface area contributed by atoms with E-state index in [9.17, 15) is 4.79 Å². The zero-order valence-electron chi connectivity index (χ0n) is 12.3. The lowest BCUT2D eigenvalue weighted by molar-refractivity contribution is -0.119. The number of para-hydroxylation sites is 1. The standard InChI is InChI=1S/C15H22N4O/c1-4-19-13-8-6-5-7-11(13)12(18-19)10-17-15(2,3)9-14(16)20/h5-8,17H,4,9-10H2,1-3H3,(H2,16,20). The molecule has 0 saturated carbocycles. The second-order valence-corrected chi connectivity index (χ2v) is 5.66. The van der Waals surface area contributed by atoms with Crippen molar-refractivity contribution >= 4 is 16.8 Å². The third-order valence-corrected chi connectivity index (χ3v) is 3.38. The maximum atomic E-state index is 11.1. The van der Waals surface area contributed by atoms with Gasteiger partial charge in [0.1, 0.15) is 0 Å². The predicted molar refractivity (Wildman–Crippen MR) is 80.1 cm³/mol. The molecule has 108 valence electrons. The molecule has 2 aromatic rings. The topological polar surface area (TPSA) is 72.9 Å². The van der Waals surface area contributed by atoms with Gasteiger partial charge in [-0.25, -0.2) is 0 Å². The minimum Gasteiger partial charge on any atom is -0.370 e. The van der Waals surface area contributed by atoms with Crippen LogP contribution >= 0.6 is 0 Å². The molecule has 1 amide bonds. The molecule has 0 saturated heterocycles. The third-order valence-electron chi connectivity index (χ3n) is 3.38. The first kappa shape index (κ1) is 14.5. The summed E-state index contributed by atoms with van der Waals surface area (Å²) in [5.41, 5.74) is 7.07. The third kappa shape index (κ3) is 3.17. The molecule has 0 aliphatic carbocycles. The molecule has 5 heteroatoms. The van der Waals surface area contributed by atoms with E-state index in [1.165, 1.54) is 0 Å². The normalized spacial score (nSPS) is 11.9. The van der Waals surface area contributed by atoms with Crippen molar-refractivity contribution in [2.24, 2.45) is 5.73 Å². The van der Waals surface area contributed by atoms with Crippen LogP contribution in [0, 0.1) is 0 Å². The van der Waals surface area contributed by atoms with Crippen LogP contribution in [0.3, 0.4) is 0 Å². The van der Waals surface area contributed by atoms with E-state index in [2.05, 4.69) is 29.5 Å². The van der Waals surface area contributed by atoms with Crippen LogP contribution < -0.4 is 11.1 Å². The van der Waals surface area contributed by atoms with Crippen molar-refractivity contribution < 1.29 is 4.79 Å². The summed E-state index contributed by atoms with van der Waals surface area (Å²) in [5.74, 6) is -0.300. The van der Waals surface area contributed by atoms with Gasteiger partial charge in [-0.2, -0.15) is 5.10 Å². The Bertz CT molecular complexity index is 615. The van der Waals surface area contributed by atoms with Crippen LogP contribution in [0.5, 0.6) is 0 Å². The van der Waals surface area contributed by atoms with E-state index in [0.29, 0.717) is 13.0 Å². The van der Waals surface area contributed by atoms with Crippen LogP contribution in [0.4, 0.5) is 0 Å². The highest BCUT2D eigenvalue weighted by molar-refractivity contribution is 5.82. The van der Waals surface area contributed by atoms with Gasteiger partial charge in [0.2, 0.25) is 5.91 Å². The summed E-state index contributed by atoms with van der Waals surface area (Å²) in [6, 6.07) is 8.18. The largest absolute Gasteiger partial charge is 0.370 e. The van der Waals surface area contributed by atoms with Crippen molar-refractivity contribution in [2.45, 2.75) is 45.8 Å². The van der Waals surface area contributed by atoms with Crippen molar-refractivity contribution in [3.8, 4) is 0 Å². The van der Waals surface area contributed by atoms with Gasteiger partial charge in [0.15, 0.2) is 0 Å². The van der Waals surface area contributed by atoms with E-state index >= 15 is 0 Å². The van der Waals surface area contributed by atoms with E-state index < -0.39 is 0 Å². The Kier molecular flexibility index (Phi) is 4.09. The molecular weight excluding hydrogens is 252 g/mol. The van der Waals surface area contributed by atoms with Crippen LogP contribution in [0.15, 0.2) is 24.3 Å². The highest BCUT2D eigenvalue weighted by atomic mass is 16.1. The van der Waals surface area contributed by atoms with Crippen molar-refractivity contribution in [2.75, 3.05) is 0 Å². The fourth-order valence-corrected chi connectivity index (χ4v) is 2.39. The zero-order valence-corrected chi connectivity index (χ0v) is 12.3. The molecule has 1 aromatic carbocycles. The highest BCUT2D eigenvalue weighted by Crippen LogP contribution is 2.19. The number of nitrogens with one attached hydrogen (secondary N) is 1. The molecule has 0 spiro atoms. The van der Waals surface area contributed by atoms with Gasteiger partial charge in [-0.15, -0.1) is 0 Å². The molecule has 0 bridgehead atoms. The Balaban J connectivity index is 2.20. The summed E-state index contributed by atoms with van der Waals surface area (Å²) in [7, 11) is 0. The molecule has 0 aliphatic rings. The number of amides is 1. The fourth-order valence-electron chi connectivity index (χ4n) is 2.39. The predicted octanol–water partition coefficient (Wildman–Crippen LogP) is 1.80. The van der Waals surface area contributed by atoms with Crippen LogP contribution in [-0.4, -0.2) is 21.2 Å². The van der Waals surface area contributed by atoms with Gasteiger partial charge in [-0.1, -0.05) is 18.2 Å². The Morgan fingerprint density at radius 3 is 2.75 bits per heavy atom. The van der Waals surface area contributed by atoms with Crippen LogP contribution in [-0.2, 0) is 17.9 Å². The number of hydrogen-bond donors (Lipinski definition) is 2. The lowest BCUT2D eigenvalue weighted by Gasteiger charge is -2.24. The Labute approximate surface area is 119 Å². The number of rotatable bonds is 6. The summed E-state index contributed by atoms with van der Waals surface area (Å²) < 4.78 is 1.99. The number of aryl methyl sites for hydroxylation is 1. The van der Waals surface area contributed by atoms with Gasteiger partial charge >= 0.3 is 0 Å². The SMILES string of the molecule is CCn1nc(CNC(C)(C)CC(N)=O)c2ccccc21. The number of primary amides is 1. The van der Waals surface area contributed by atoms with Crippen molar-refractivity contribution in [3.63, 3.8) is 0 Å². The molecule has 3 N–H and O–H groups in total. The first-order chi connectivity index (χ1) is 9.43. The number of nitrogens with zero attached hydrogens (tertiary/aromatic N) is 2. The van der Waals surface area contributed by atoms with E-state index in [-0.39, 0.29) is 11.4 Å². The lowest BCUT2D eigenvalue weighted by Crippen LogP contribution is -2.42. The van der Waals surface area contributed by atoms with Gasteiger partial charge in [0, 0.05) is 30.4 Å². The van der Waals surface area contributed by atoms with Gasteiger partial charge in [-0.05, 0) is 26.8 Å². The molecule has 0 aliphatic heterocycles. The Morgan fingerprint density at radius 2 is 2.10 bits per heavy atom. The molecule has 1 aromatic heterocycles. The first-order valence-electron chi connectivity index (χ1n) is 6.90. The number of fused-ring (bicyclic) bond motifs is 1. The molecule has 0 fully saturated rings. The van der Waals surface area contributed by atoms with E-state index in [4.69, 9.17) is 5.73 Å². The molecule has 0 atom stereocenters. The minimum atomic E-state index is -0.330. The lowest BCUT2D eigenvalue weighted by atomic mass is 10.00. The summed E-state index contributed by atoms with van der Waals surface area (Å²) in [4.78, 5) is 11.1. The summed E-state index contributed by atoms with van der Waals surface area (Å²) in [6.45, 7) is 7.47. The molecule has 20 heavy (non-hydrogen) atoms. The number of benzene rings is 1. The maximum Gasteiger partial charge on any atom is 0.219 e. The van der Waals surface area contributed by atoms with Crippen molar-refractivity contribution in [3.05, 3.63) is 30.0 Å². The molecule has 1 heterocycles. The minimum absolute atomic E-state index is 0.300. The maximum absolute atomic E-state index is 11.1. The van der Waals surface area contributed by atoms with Crippen LogP contribution in [0.1, 0.15) is 32.9 Å². The molecule has 0 radical (unpaired) electrons. The second kappa shape index (κ2) is 5.63. The molecule has 2 rings (SSSR count). The molecular formula is C15H22N4O.